The molecule has 2 saturated heterocycles. The van der Waals surface area contributed by atoms with Crippen LogP contribution < -0.4 is 4.74 Å². The van der Waals surface area contributed by atoms with Gasteiger partial charge in [0, 0.05) is 37.7 Å². The number of likely N-dealkylation sites (tertiary alicyclic amines) is 2. The highest BCUT2D eigenvalue weighted by atomic mass is 16.5. The Labute approximate surface area is 145 Å². The lowest BCUT2D eigenvalue weighted by molar-refractivity contribution is -0.130. The minimum atomic E-state index is 0.184. The SMILES string of the molecule is CC(=O)N1CCC[C@@H]1[C@@H]1CCCN1Cc1ccccc1OC(C)C. The van der Waals surface area contributed by atoms with Crippen LogP contribution in [0.4, 0.5) is 0 Å². The highest BCUT2D eigenvalue weighted by Crippen LogP contribution is 2.32. The number of para-hydroxylation sites is 1. The summed E-state index contributed by atoms with van der Waals surface area (Å²) in [5.74, 6) is 1.22. The number of hydrogen-bond donors (Lipinski definition) is 0. The second-order valence-corrected chi connectivity index (χ2v) is 7.38. The third-order valence-corrected chi connectivity index (χ3v) is 5.27. The summed E-state index contributed by atoms with van der Waals surface area (Å²) in [6, 6.07) is 9.25. The summed E-state index contributed by atoms with van der Waals surface area (Å²) in [4.78, 5) is 16.6. The van der Waals surface area contributed by atoms with Gasteiger partial charge in [-0.2, -0.15) is 0 Å². The molecule has 0 aliphatic carbocycles. The summed E-state index contributed by atoms with van der Waals surface area (Å²) >= 11 is 0. The molecule has 24 heavy (non-hydrogen) atoms. The summed E-state index contributed by atoms with van der Waals surface area (Å²) in [6.07, 6.45) is 4.89. The maximum Gasteiger partial charge on any atom is 0.219 e. The fourth-order valence-corrected chi connectivity index (χ4v) is 4.29. The van der Waals surface area contributed by atoms with Gasteiger partial charge in [-0.3, -0.25) is 9.69 Å². The normalized spacial score (nSPS) is 24.8. The molecule has 0 radical (unpaired) electrons. The molecular formula is C20H30N2O2. The number of carbonyl (C=O) groups is 1. The molecule has 4 nitrogen and oxygen atoms in total. The van der Waals surface area contributed by atoms with Crippen LogP contribution in [0.3, 0.4) is 0 Å². The van der Waals surface area contributed by atoms with Crippen LogP contribution >= 0.6 is 0 Å². The molecule has 0 spiro atoms. The quantitative estimate of drug-likeness (QED) is 0.829. The Balaban J connectivity index is 1.74. The zero-order chi connectivity index (χ0) is 17.1. The van der Waals surface area contributed by atoms with Crippen LogP contribution in [0.2, 0.25) is 0 Å². The predicted octanol–water partition coefficient (Wildman–Crippen LogP) is 3.45. The lowest BCUT2D eigenvalue weighted by Gasteiger charge is -2.35. The van der Waals surface area contributed by atoms with Crippen molar-refractivity contribution >= 4 is 5.91 Å². The largest absolute Gasteiger partial charge is 0.491 e. The predicted molar refractivity (Wildman–Crippen MR) is 96.0 cm³/mol. The van der Waals surface area contributed by atoms with E-state index in [1.54, 1.807) is 6.92 Å². The first kappa shape index (κ1) is 17.3. The Morgan fingerprint density at radius 1 is 1.17 bits per heavy atom. The zero-order valence-electron chi connectivity index (χ0n) is 15.2. The van der Waals surface area contributed by atoms with Crippen molar-refractivity contribution in [3.63, 3.8) is 0 Å². The van der Waals surface area contributed by atoms with Gasteiger partial charge in [0.15, 0.2) is 0 Å². The molecular weight excluding hydrogens is 300 g/mol. The molecule has 2 aliphatic heterocycles. The first-order valence-electron chi connectivity index (χ1n) is 9.32. The number of ether oxygens (including phenoxy) is 1. The van der Waals surface area contributed by atoms with E-state index in [1.165, 1.54) is 18.4 Å². The molecule has 132 valence electrons. The average molecular weight is 330 g/mol. The topological polar surface area (TPSA) is 32.8 Å². The third kappa shape index (κ3) is 3.75. The van der Waals surface area contributed by atoms with Crippen LogP contribution in [0.5, 0.6) is 5.75 Å². The standard InChI is InChI=1S/C20H30N2O2/c1-15(2)24-20-11-5-4-8-17(20)14-21-12-6-9-18(21)19-10-7-13-22(19)16(3)23/h4-5,8,11,15,18-19H,6-7,9-10,12-14H2,1-3H3/t18-,19+/m0/s1. The van der Waals surface area contributed by atoms with Crippen molar-refractivity contribution in [2.75, 3.05) is 13.1 Å². The number of hydrogen-bond acceptors (Lipinski definition) is 3. The lowest BCUT2D eigenvalue weighted by Crippen LogP contribution is -2.47. The van der Waals surface area contributed by atoms with Crippen LogP contribution in [0.25, 0.3) is 0 Å². The van der Waals surface area contributed by atoms with E-state index < -0.39 is 0 Å². The Morgan fingerprint density at radius 3 is 2.62 bits per heavy atom. The molecule has 0 aromatic heterocycles. The summed E-state index contributed by atoms with van der Waals surface area (Å²) in [5, 5.41) is 0. The Kier molecular flexibility index (Phi) is 5.44. The van der Waals surface area contributed by atoms with Crippen LogP contribution in [-0.2, 0) is 11.3 Å². The van der Waals surface area contributed by atoms with E-state index in [2.05, 4.69) is 41.8 Å². The minimum Gasteiger partial charge on any atom is -0.491 e. The molecule has 1 aromatic rings. The number of benzene rings is 1. The van der Waals surface area contributed by atoms with Crippen molar-refractivity contribution in [1.29, 1.82) is 0 Å². The van der Waals surface area contributed by atoms with Gasteiger partial charge in [0.05, 0.1) is 6.10 Å². The van der Waals surface area contributed by atoms with Gasteiger partial charge in [0.2, 0.25) is 5.91 Å². The molecule has 2 aliphatic rings. The maximum atomic E-state index is 11.9. The van der Waals surface area contributed by atoms with Gasteiger partial charge >= 0.3 is 0 Å². The van der Waals surface area contributed by atoms with E-state index in [0.717, 1.165) is 38.2 Å². The summed E-state index contributed by atoms with van der Waals surface area (Å²) in [5.41, 5.74) is 1.26. The van der Waals surface area contributed by atoms with Crippen LogP contribution in [-0.4, -0.2) is 47.0 Å². The van der Waals surface area contributed by atoms with Crippen LogP contribution in [0.15, 0.2) is 24.3 Å². The van der Waals surface area contributed by atoms with Crippen molar-refractivity contribution in [3.05, 3.63) is 29.8 Å². The number of rotatable bonds is 5. The van der Waals surface area contributed by atoms with E-state index >= 15 is 0 Å². The van der Waals surface area contributed by atoms with Gasteiger partial charge in [-0.15, -0.1) is 0 Å². The average Bonchev–Trinajstić information content (AvgIpc) is 3.17. The molecule has 3 rings (SSSR count). The zero-order valence-corrected chi connectivity index (χ0v) is 15.2. The highest BCUT2D eigenvalue weighted by Gasteiger charge is 2.38. The first-order valence-corrected chi connectivity index (χ1v) is 9.32. The van der Waals surface area contributed by atoms with Gasteiger partial charge in [-0.1, -0.05) is 18.2 Å². The smallest absolute Gasteiger partial charge is 0.219 e. The van der Waals surface area contributed by atoms with Crippen molar-refractivity contribution in [3.8, 4) is 5.75 Å². The highest BCUT2D eigenvalue weighted by molar-refractivity contribution is 5.74. The van der Waals surface area contributed by atoms with Crippen molar-refractivity contribution in [2.24, 2.45) is 0 Å². The molecule has 1 amide bonds. The second-order valence-electron chi connectivity index (χ2n) is 7.38. The number of carbonyl (C=O) groups excluding carboxylic acids is 1. The second kappa shape index (κ2) is 7.56. The third-order valence-electron chi connectivity index (χ3n) is 5.27. The molecule has 2 heterocycles. The molecule has 0 bridgehead atoms. The van der Waals surface area contributed by atoms with E-state index in [-0.39, 0.29) is 12.0 Å². The molecule has 0 N–H and O–H groups in total. The van der Waals surface area contributed by atoms with Gasteiger partial charge < -0.3 is 9.64 Å². The molecule has 1 aromatic carbocycles. The fourth-order valence-electron chi connectivity index (χ4n) is 4.29. The van der Waals surface area contributed by atoms with Gasteiger partial charge in [0.1, 0.15) is 5.75 Å². The van der Waals surface area contributed by atoms with Gasteiger partial charge in [-0.05, 0) is 52.1 Å². The first-order chi connectivity index (χ1) is 11.6. The van der Waals surface area contributed by atoms with Gasteiger partial charge in [0.25, 0.3) is 0 Å². The summed E-state index contributed by atoms with van der Waals surface area (Å²) in [6.45, 7) is 8.80. The molecule has 0 saturated carbocycles. The summed E-state index contributed by atoms with van der Waals surface area (Å²) in [7, 11) is 0. The van der Waals surface area contributed by atoms with E-state index in [0.29, 0.717) is 12.1 Å². The van der Waals surface area contributed by atoms with Crippen molar-refractivity contribution in [1.82, 2.24) is 9.80 Å². The molecule has 2 atom stereocenters. The Bertz CT molecular complexity index is 573. The lowest BCUT2D eigenvalue weighted by atomic mass is 10.0. The monoisotopic (exact) mass is 330 g/mol. The Morgan fingerprint density at radius 2 is 1.88 bits per heavy atom. The minimum absolute atomic E-state index is 0.184. The number of amides is 1. The number of nitrogens with zero attached hydrogens (tertiary/aromatic N) is 2. The Hall–Kier alpha value is -1.55. The van der Waals surface area contributed by atoms with Crippen LogP contribution in [0.1, 0.15) is 52.0 Å². The van der Waals surface area contributed by atoms with Gasteiger partial charge in [-0.25, -0.2) is 0 Å². The summed E-state index contributed by atoms with van der Waals surface area (Å²) < 4.78 is 5.98. The van der Waals surface area contributed by atoms with Crippen molar-refractivity contribution in [2.45, 2.75) is 71.2 Å². The van der Waals surface area contributed by atoms with Crippen LogP contribution in [0, 0.1) is 0 Å². The van der Waals surface area contributed by atoms with E-state index in [1.807, 2.05) is 6.07 Å². The maximum absolute atomic E-state index is 11.9. The van der Waals surface area contributed by atoms with E-state index in [9.17, 15) is 4.79 Å². The van der Waals surface area contributed by atoms with E-state index in [4.69, 9.17) is 4.74 Å². The molecule has 4 heteroatoms. The fraction of sp³-hybridized carbons (Fsp3) is 0.650. The molecule has 2 fully saturated rings. The molecule has 0 unspecified atom stereocenters. The van der Waals surface area contributed by atoms with Crippen molar-refractivity contribution < 1.29 is 9.53 Å².